The topological polar surface area (TPSA) is 45.2 Å². The van der Waals surface area contributed by atoms with Crippen molar-refractivity contribution in [3.8, 4) is 0 Å². The van der Waals surface area contributed by atoms with E-state index in [9.17, 15) is 4.79 Å². The number of nitrogens with zero attached hydrogens (tertiary/aromatic N) is 2. The molecule has 2 aliphatic rings. The van der Waals surface area contributed by atoms with Gasteiger partial charge in [-0.15, -0.1) is 0 Å². The molecule has 2 heterocycles. The van der Waals surface area contributed by atoms with Crippen LogP contribution in [0.3, 0.4) is 0 Å². The number of rotatable bonds is 3. The number of hydrogen-bond donors (Lipinski definition) is 1. The fraction of sp³-hybridized carbons (Fsp3) is 0.625. The highest BCUT2D eigenvalue weighted by atomic mass is 16.1. The molecule has 1 amide bonds. The van der Waals surface area contributed by atoms with E-state index < -0.39 is 0 Å². The minimum absolute atomic E-state index is 0.0178. The first kappa shape index (κ1) is 13.4. The molecule has 108 valence electrons. The normalized spacial score (nSPS) is 20.1. The van der Waals surface area contributed by atoms with Crippen molar-refractivity contribution in [2.24, 2.45) is 0 Å². The maximum Gasteiger partial charge on any atom is 0.270 e. The van der Waals surface area contributed by atoms with E-state index in [1.54, 1.807) is 6.20 Å². The van der Waals surface area contributed by atoms with Crippen molar-refractivity contribution in [1.29, 1.82) is 0 Å². The lowest BCUT2D eigenvalue weighted by Crippen LogP contribution is -2.34. The number of piperidine rings is 1. The molecule has 1 aliphatic carbocycles. The van der Waals surface area contributed by atoms with Gasteiger partial charge in [-0.05, 0) is 44.2 Å². The summed E-state index contributed by atoms with van der Waals surface area (Å²) in [6.07, 6.45) is 10.2. The molecule has 1 N–H and O–H groups in total. The van der Waals surface area contributed by atoms with Gasteiger partial charge in [-0.1, -0.05) is 12.8 Å². The van der Waals surface area contributed by atoms with E-state index in [1.165, 1.54) is 32.1 Å². The Kier molecular flexibility index (Phi) is 4.19. The summed E-state index contributed by atoms with van der Waals surface area (Å²) in [5.41, 5.74) is 1.69. The standard InChI is InChI=1S/C16H23N3O/c20-16(18-13-6-2-3-7-13)15-12-14(8-9-17-15)19-10-4-1-5-11-19/h8-9,12-13H,1-7,10-11H2,(H,18,20). The van der Waals surface area contributed by atoms with Crippen LogP contribution in [-0.2, 0) is 0 Å². The van der Waals surface area contributed by atoms with E-state index in [2.05, 4.69) is 15.2 Å². The van der Waals surface area contributed by atoms with E-state index in [-0.39, 0.29) is 5.91 Å². The third kappa shape index (κ3) is 3.11. The highest BCUT2D eigenvalue weighted by Gasteiger charge is 2.19. The Balaban J connectivity index is 1.67. The lowest BCUT2D eigenvalue weighted by molar-refractivity contribution is 0.0933. The van der Waals surface area contributed by atoms with Gasteiger partial charge in [-0.3, -0.25) is 9.78 Å². The number of aromatic nitrogens is 1. The molecule has 4 nitrogen and oxygen atoms in total. The maximum atomic E-state index is 12.2. The second-order valence-corrected chi connectivity index (χ2v) is 5.90. The predicted octanol–water partition coefficient (Wildman–Crippen LogP) is 2.74. The Labute approximate surface area is 120 Å². The molecule has 0 unspecified atom stereocenters. The summed E-state index contributed by atoms with van der Waals surface area (Å²) < 4.78 is 0. The smallest absolute Gasteiger partial charge is 0.270 e. The Morgan fingerprint density at radius 3 is 2.65 bits per heavy atom. The summed E-state index contributed by atoms with van der Waals surface area (Å²) in [4.78, 5) is 18.8. The van der Waals surface area contributed by atoms with Crippen LogP contribution in [0.1, 0.15) is 55.4 Å². The Morgan fingerprint density at radius 1 is 1.15 bits per heavy atom. The van der Waals surface area contributed by atoms with Gasteiger partial charge in [0, 0.05) is 31.0 Å². The molecule has 20 heavy (non-hydrogen) atoms. The van der Waals surface area contributed by atoms with Crippen LogP contribution >= 0.6 is 0 Å². The molecule has 0 radical (unpaired) electrons. The summed E-state index contributed by atoms with van der Waals surface area (Å²) in [6, 6.07) is 4.30. The minimum Gasteiger partial charge on any atom is -0.371 e. The summed E-state index contributed by atoms with van der Waals surface area (Å²) in [5.74, 6) is -0.0178. The van der Waals surface area contributed by atoms with Gasteiger partial charge in [0.05, 0.1) is 0 Å². The number of carbonyl (C=O) groups excluding carboxylic acids is 1. The third-order valence-corrected chi connectivity index (χ3v) is 4.39. The Hall–Kier alpha value is -1.58. The average molecular weight is 273 g/mol. The van der Waals surface area contributed by atoms with E-state index >= 15 is 0 Å². The summed E-state index contributed by atoms with van der Waals surface area (Å²) >= 11 is 0. The first-order valence-electron chi connectivity index (χ1n) is 7.85. The maximum absolute atomic E-state index is 12.2. The molecule has 0 aromatic carbocycles. The molecule has 1 aromatic heterocycles. The Bertz CT molecular complexity index is 463. The van der Waals surface area contributed by atoms with Crippen LogP contribution in [0.2, 0.25) is 0 Å². The van der Waals surface area contributed by atoms with Gasteiger partial charge in [0.25, 0.3) is 5.91 Å². The molecular formula is C16H23N3O. The van der Waals surface area contributed by atoms with Gasteiger partial charge in [0.2, 0.25) is 0 Å². The third-order valence-electron chi connectivity index (χ3n) is 4.39. The van der Waals surface area contributed by atoms with Gasteiger partial charge < -0.3 is 10.2 Å². The molecule has 0 atom stereocenters. The van der Waals surface area contributed by atoms with Crippen LogP contribution in [0.15, 0.2) is 18.3 Å². The Morgan fingerprint density at radius 2 is 1.90 bits per heavy atom. The second-order valence-electron chi connectivity index (χ2n) is 5.90. The van der Waals surface area contributed by atoms with Crippen LogP contribution in [0.4, 0.5) is 5.69 Å². The first-order valence-corrected chi connectivity index (χ1v) is 7.85. The van der Waals surface area contributed by atoms with Crippen LogP contribution in [0.25, 0.3) is 0 Å². The van der Waals surface area contributed by atoms with Crippen LogP contribution in [0.5, 0.6) is 0 Å². The fourth-order valence-corrected chi connectivity index (χ4v) is 3.22. The summed E-state index contributed by atoms with van der Waals surface area (Å²) in [5, 5.41) is 3.11. The van der Waals surface area contributed by atoms with Crippen molar-refractivity contribution >= 4 is 11.6 Å². The second kappa shape index (κ2) is 6.25. The molecule has 3 rings (SSSR count). The van der Waals surface area contributed by atoms with E-state index in [1.807, 2.05) is 12.1 Å². The summed E-state index contributed by atoms with van der Waals surface area (Å²) in [6.45, 7) is 2.18. The van der Waals surface area contributed by atoms with Crippen molar-refractivity contribution in [1.82, 2.24) is 10.3 Å². The lowest BCUT2D eigenvalue weighted by Gasteiger charge is -2.28. The number of hydrogen-bond acceptors (Lipinski definition) is 3. The molecular weight excluding hydrogens is 250 g/mol. The van der Waals surface area contributed by atoms with Crippen molar-refractivity contribution in [3.63, 3.8) is 0 Å². The van der Waals surface area contributed by atoms with E-state index in [4.69, 9.17) is 0 Å². The zero-order valence-corrected chi connectivity index (χ0v) is 12.0. The predicted molar refractivity (Wildman–Crippen MR) is 80.0 cm³/mol. The molecule has 1 aliphatic heterocycles. The number of amides is 1. The molecule has 1 saturated carbocycles. The number of carbonyl (C=O) groups is 1. The van der Waals surface area contributed by atoms with Gasteiger partial charge in [-0.2, -0.15) is 0 Å². The first-order chi connectivity index (χ1) is 9.83. The van der Waals surface area contributed by atoms with E-state index in [0.29, 0.717) is 11.7 Å². The average Bonchev–Trinajstić information content (AvgIpc) is 3.01. The molecule has 1 aromatic rings. The number of pyridine rings is 1. The van der Waals surface area contributed by atoms with Crippen molar-refractivity contribution in [2.75, 3.05) is 18.0 Å². The lowest BCUT2D eigenvalue weighted by atomic mass is 10.1. The van der Waals surface area contributed by atoms with Crippen molar-refractivity contribution in [2.45, 2.75) is 51.0 Å². The van der Waals surface area contributed by atoms with Gasteiger partial charge in [0.1, 0.15) is 5.69 Å². The number of nitrogens with one attached hydrogen (secondary N) is 1. The van der Waals surface area contributed by atoms with Crippen LogP contribution < -0.4 is 10.2 Å². The van der Waals surface area contributed by atoms with Gasteiger partial charge in [0.15, 0.2) is 0 Å². The van der Waals surface area contributed by atoms with Crippen LogP contribution in [0, 0.1) is 0 Å². The highest BCUT2D eigenvalue weighted by molar-refractivity contribution is 5.93. The van der Waals surface area contributed by atoms with E-state index in [0.717, 1.165) is 31.6 Å². The molecule has 0 bridgehead atoms. The monoisotopic (exact) mass is 273 g/mol. The van der Waals surface area contributed by atoms with Gasteiger partial charge in [-0.25, -0.2) is 0 Å². The SMILES string of the molecule is O=C(NC1CCCC1)c1cc(N2CCCCC2)ccn1. The largest absolute Gasteiger partial charge is 0.371 e. The molecule has 0 spiro atoms. The minimum atomic E-state index is -0.0178. The van der Waals surface area contributed by atoms with Crippen molar-refractivity contribution in [3.05, 3.63) is 24.0 Å². The number of anilines is 1. The zero-order chi connectivity index (χ0) is 13.8. The zero-order valence-electron chi connectivity index (χ0n) is 12.0. The molecule has 2 fully saturated rings. The highest BCUT2D eigenvalue weighted by Crippen LogP contribution is 2.21. The quantitative estimate of drug-likeness (QED) is 0.921. The van der Waals surface area contributed by atoms with Gasteiger partial charge >= 0.3 is 0 Å². The summed E-state index contributed by atoms with van der Waals surface area (Å²) in [7, 11) is 0. The van der Waals surface area contributed by atoms with Crippen molar-refractivity contribution < 1.29 is 4.79 Å². The molecule has 1 saturated heterocycles. The molecule has 4 heteroatoms. The van der Waals surface area contributed by atoms with Crippen LogP contribution in [-0.4, -0.2) is 30.0 Å². The fourth-order valence-electron chi connectivity index (χ4n) is 3.22.